The number of aliphatic carboxylic acids is 4. The third-order valence-corrected chi connectivity index (χ3v) is 12.5. The molecule has 8 aromatic carbocycles. The molecule has 0 amide bonds. The number of benzene rings is 8. The average Bonchev–Trinajstić information content (AvgIpc) is 3.48. The summed E-state index contributed by atoms with van der Waals surface area (Å²) >= 11 is 0. The molecule has 0 saturated carbocycles. The molecule has 378 valence electrons. The fourth-order valence-corrected chi connectivity index (χ4v) is 8.47. The first-order valence-corrected chi connectivity index (χ1v) is 24.0. The Morgan fingerprint density at radius 3 is 0.848 bits per heavy atom. The van der Waals surface area contributed by atoms with Crippen molar-refractivity contribution in [3.05, 3.63) is 266 Å². The van der Waals surface area contributed by atoms with Crippen LogP contribution < -0.4 is 4.90 Å². The van der Waals surface area contributed by atoms with Gasteiger partial charge in [0.1, 0.15) is 46.6 Å². The van der Waals surface area contributed by atoms with Crippen LogP contribution in [0.5, 0.6) is 0 Å². The van der Waals surface area contributed by atoms with Crippen LogP contribution in [0.3, 0.4) is 0 Å². The molecule has 13 nitrogen and oxygen atoms in total. The molecule has 0 unspecified atom stereocenters. The number of hydrogen-bond acceptors (Lipinski definition) is 9. The second-order valence-electron chi connectivity index (χ2n) is 17.6. The zero-order valence-electron chi connectivity index (χ0n) is 41.5. The number of hydrogen-bond donors (Lipinski definition) is 4. The molecule has 0 aliphatic carbocycles. The Morgan fingerprint density at radius 2 is 0.570 bits per heavy atom. The van der Waals surface area contributed by atoms with E-state index < -0.39 is 46.2 Å². The third-order valence-electron chi connectivity index (χ3n) is 12.5. The van der Waals surface area contributed by atoms with E-state index in [9.17, 15) is 60.7 Å². The predicted molar refractivity (Wildman–Crippen MR) is 303 cm³/mol. The van der Waals surface area contributed by atoms with E-state index in [0.29, 0.717) is 22.3 Å². The Balaban J connectivity index is 1.19. The SMILES string of the molecule is N#C/C(=C\c1ccc(C(=Cc2ccc(N(c3ccc(C=C(c4ccc(/C=C(\C#N)C(=O)O)cc4)c4ccc(/C=C(\C#N)C(=O)O)cc4)cc3)c3ccc4ccccc4c3)cc2)c2ccc(/C=C(\C#N)C(=O)O)cc2)cc1)C(=O)O. The number of carbonyl (C=O) groups is 4. The van der Waals surface area contributed by atoms with E-state index in [1.54, 1.807) is 72.8 Å². The van der Waals surface area contributed by atoms with Crippen LogP contribution in [-0.2, 0) is 19.2 Å². The maximum atomic E-state index is 11.6. The van der Waals surface area contributed by atoms with Gasteiger partial charge in [-0.15, -0.1) is 0 Å². The number of carboxylic acid groups (broad SMARTS) is 4. The van der Waals surface area contributed by atoms with E-state index in [1.165, 1.54) is 24.3 Å². The van der Waals surface area contributed by atoms with Gasteiger partial charge < -0.3 is 25.3 Å². The minimum atomic E-state index is -1.34. The number of nitrogens with zero attached hydrogens (tertiary/aromatic N) is 5. The summed E-state index contributed by atoms with van der Waals surface area (Å²) in [5.74, 6) is -5.37. The Bertz CT molecular complexity index is 3660. The number of fused-ring (bicyclic) bond motifs is 1. The van der Waals surface area contributed by atoms with E-state index in [2.05, 4.69) is 17.0 Å². The Kier molecular flexibility index (Phi) is 16.5. The fourth-order valence-electron chi connectivity index (χ4n) is 8.47. The highest BCUT2D eigenvalue weighted by atomic mass is 16.4. The molecular weight excluding hydrogens is 991 g/mol. The van der Waals surface area contributed by atoms with Gasteiger partial charge >= 0.3 is 23.9 Å². The topological polar surface area (TPSA) is 248 Å². The van der Waals surface area contributed by atoms with Crippen LogP contribution in [0.25, 0.3) is 58.4 Å². The van der Waals surface area contributed by atoms with Crippen molar-refractivity contribution in [1.29, 1.82) is 21.0 Å². The largest absolute Gasteiger partial charge is 0.477 e. The predicted octanol–water partition coefficient (Wildman–Crippen LogP) is 13.5. The summed E-state index contributed by atoms with van der Waals surface area (Å²) < 4.78 is 0. The Morgan fingerprint density at radius 1 is 0.316 bits per heavy atom. The molecular formula is C66H41N5O8. The maximum Gasteiger partial charge on any atom is 0.346 e. The second kappa shape index (κ2) is 24.4. The molecule has 0 atom stereocenters. The standard InChI is InChI=1S/C66H41N5O8/c67-38-54(63(72)73)31-42-5-17-49(18-6-42)61(50-19-7-43(8-20-50)32-55(39-68)64(74)75)35-46-13-26-58(27-14-46)71(60-30-25-48-3-1-2-4-53(48)37-60)59-28-15-47(16-29-59)36-62(51-21-9-44(10-22-51)33-56(40-69)65(76)77)52-23-11-45(12-24-52)34-57(41-70)66(78)79/h1-37H,(H,72,73)(H,74,75)(H,76,77)(H,78,79)/b54-31+,55-32+,56-33+,57-34+. The normalized spacial score (nSPS) is 11.4. The molecule has 4 N–H and O–H groups in total. The second-order valence-corrected chi connectivity index (χ2v) is 17.6. The molecule has 0 aliphatic heterocycles. The smallest absolute Gasteiger partial charge is 0.346 e. The quantitative estimate of drug-likeness (QED) is 0.0377. The first-order valence-electron chi connectivity index (χ1n) is 24.0. The molecule has 0 bridgehead atoms. The monoisotopic (exact) mass is 1030 g/mol. The lowest BCUT2D eigenvalue weighted by Crippen LogP contribution is -2.09. The average molecular weight is 1030 g/mol. The highest BCUT2D eigenvalue weighted by Gasteiger charge is 2.16. The molecule has 0 aliphatic rings. The summed E-state index contributed by atoms with van der Waals surface area (Å²) in [6.07, 6.45) is 9.12. The summed E-state index contributed by atoms with van der Waals surface area (Å²) in [7, 11) is 0. The number of anilines is 3. The summed E-state index contributed by atoms with van der Waals surface area (Å²) in [5, 5.41) is 77.2. The lowest BCUT2D eigenvalue weighted by molar-refractivity contribution is -0.133. The third kappa shape index (κ3) is 13.1. The van der Waals surface area contributed by atoms with Gasteiger partial charge in [-0.1, -0.05) is 152 Å². The molecule has 0 spiro atoms. The zero-order valence-corrected chi connectivity index (χ0v) is 41.5. The van der Waals surface area contributed by atoms with Crippen molar-refractivity contribution in [2.24, 2.45) is 0 Å². The zero-order chi connectivity index (χ0) is 56.0. The summed E-state index contributed by atoms with van der Waals surface area (Å²) in [6, 6.07) is 65.2. The van der Waals surface area contributed by atoms with E-state index in [4.69, 9.17) is 0 Å². The van der Waals surface area contributed by atoms with Gasteiger partial charge in [-0.05, 0) is 150 Å². The van der Waals surface area contributed by atoms with E-state index >= 15 is 0 Å². The van der Waals surface area contributed by atoms with Crippen LogP contribution in [0.4, 0.5) is 17.1 Å². The Labute approximate surface area is 453 Å². The molecule has 0 aromatic heterocycles. The van der Waals surface area contributed by atoms with Crippen LogP contribution in [-0.4, -0.2) is 44.3 Å². The minimum absolute atomic E-state index is 0.415. The van der Waals surface area contributed by atoms with Crippen molar-refractivity contribution >= 4 is 99.3 Å². The summed E-state index contributed by atoms with van der Waals surface area (Å²) in [5.41, 5.74) is 9.13. The van der Waals surface area contributed by atoms with Crippen molar-refractivity contribution in [3.63, 3.8) is 0 Å². The lowest BCUT2D eigenvalue weighted by Gasteiger charge is -2.26. The van der Waals surface area contributed by atoms with Crippen molar-refractivity contribution in [1.82, 2.24) is 0 Å². The first kappa shape index (κ1) is 53.4. The van der Waals surface area contributed by atoms with Crippen molar-refractivity contribution in [3.8, 4) is 24.3 Å². The molecule has 8 aromatic rings. The fraction of sp³-hybridized carbons (Fsp3) is 0. The van der Waals surface area contributed by atoms with Crippen molar-refractivity contribution < 1.29 is 39.6 Å². The van der Waals surface area contributed by atoms with Crippen LogP contribution in [0.1, 0.15) is 55.6 Å². The molecule has 0 fully saturated rings. The van der Waals surface area contributed by atoms with Gasteiger partial charge in [0, 0.05) is 17.1 Å². The van der Waals surface area contributed by atoms with Crippen LogP contribution >= 0.6 is 0 Å². The van der Waals surface area contributed by atoms with Crippen LogP contribution in [0.15, 0.2) is 210 Å². The highest BCUT2D eigenvalue weighted by Crippen LogP contribution is 2.38. The lowest BCUT2D eigenvalue weighted by atomic mass is 9.93. The summed E-state index contributed by atoms with van der Waals surface area (Å²) in [6.45, 7) is 0. The number of carboxylic acids is 4. The number of rotatable bonds is 17. The van der Waals surface area contributed by atoms with Gasteiger partial charge in [0.25, 0.3) is 0 Å². The van der Waals surface area contributed by atoms with E-state index in [-0.39, 0.29) is 0 Å². The van der Waals surface area contributed by atoms with Gasteiger partial charge in [-0.25, -0.2) is 19.2 Å². The summed E-state index contributed by atoms with van der Waals surface area (Å²) in [4.78, 5) is 48.4. The molecule has 0 heterocycles. The van der Waals surface area contributed by atoms with E-state index in [1.807, 2.05) is 140 Å². The molecule has 0 radical (unpaired) electrons. The van der Waals surface area contributed by atoms with Gasteiger partial charge in [0.15, 0.2) is 0 Å². The van der Waals surface area contributed by atoms with Gasteiger partial charge in [-0.3, -0.25) is 0 Å². The highest BCUT2D eigenvalue weighted by molar-refractivity contribution is 6.00. The van der Waals surface area contributed by atoms with Crippen molar-refractivity contribution in [2.75, 3.05) is 4.90 Å². The molecule has 79 heavy (non-hydrogen) atoms. The van der Waals surface area contributed by atoms with Gasteiger partial charge in [-0.2, -0.15) is 21.0 Å². The van der Waals surface area contributed by atoms with Crippen LogP contribution in [0, 0.1) is 45.3 Å². The first-order chi connectivity index (χ1) is 38.2. The number of nitriles is 4. The van der Waals surface area contributed by atoms with Crippen molar-refractivity contribution in [2.45, 2.75) is 0 Å². The minimum Gasteiger partial charge on any atom is -0.477 e. The molecule has 8 rings (SSSR count). The van der Waals surface area contributed by atoms with E-state index in [0.717, 1.165) is 72.4 Å². The van der Waals surface area contributed by atoms with Gasteiger partial charge in [0.05, 0.1) is 0 Å². The van der Waals surface area contributed by atoms with Crippen LogP contribution in [0.2, 0.25) is 0 Å². The Hall–Kier alpha value is -11.9. The van der Waals surface area contributed by atoms with Gasteiger partial charge in [0.2, 0.25) is 0 Å². The molecule has 13 heteroatoms. The maximum absolute atomic E-state index is 11.6. The molecule has 0 saturated heterocycles.